The number of rotatable bonds is 8. The average Bonchev–Trinajstić information content (AvgIpc) is 2.73. The molecule has 5 nitrogen and oxygen atoms in total. The largest absolute Gasteiger partial charge is 0.497 e. The van der Waals surface area contributed by atoms with Gasteiger partial charge in [0.05, 0.1) is 20.6 Å². The first-order chi connectivity index (χ1) is 14.1. The fourth-order valence-corrected chi connectivity index (χ4v) is 3.98. The summed E-state index contributed by atoms with van der Waals surface area (Å²) >= 11 is 0. The summed E-state index contributed by atoms with van der Waals surface area (Å²) in [5.41, 5.74) is 3.33. The topological polar surface area (TPSA) is 50.8 Å². The molecule has 1 saturated heterocycles. The Balaban J connectivity index is 1.59. The number of benzene rings is 2. The molecule has 1 amide bonds. The molecule has 1 fully saturated rings. The van der Waals surface area contributed by atoms with Gasteiger partial charge >= 0.3 is 0 Å². The van der Waals surface area contributed by atoms with Gasteiger partial charge in [0.1, 0.15) is 11.5 Å². The average molecular weight is 397 g/mol. The van der Waals surface area contributed by atoms with E-state index in [1.165, 1.54) is 24.0 Å². The summed E-state index contributed by atoms with van der Waals surface area (Å²) in [7, 11) is 3.22. The minimum absolute atomic E-state index is 0.0186. The molecule has 2 aromatic rings. The first kappa shape index (κ1) is 21.2. The van der Waals surface area contributed by atoms with E-state index >= 15 is 0 Å². The van der Waals surface area contributed by atoms with E-state index in [2.05, 4.69) is 35.3 Å². The number of ether oxygens (including phenoxy) is 2. The van der Waals surface area contributed by atoms with Gasteiger partial charge in [0, 0.05) is 31.3 Å². The highest BCUT2D eigenvalue weighted by atomic mass is 16.5. The molecule has 0 aliphatic carbocycles. The summed E-state index contributed by atoms with van der Waals surface area (Å²) in [5.74, 6) is 2.12. The van der Waals surface area contributed by atoms with Gasteiger partial charge in [-0.25, -0.2) is 0 Å². The third-order valence-corrected chi connectivity index (χ3v) is 5.57. The number of nitrogens with zero attached hydrogens (tertiary/aromatic N) is 1. The number of hydrogen-bond donors (Lipinski definition) is 1. The predicted octanol–water partition coefficient (Wildman–Crippen LogP) is 3.79. The first-order valence-corrected chi connectivity index (χ1v) is 10.4. The highest BCUT2D eigenvalue weighted by Crippen LogP contribution is 2.25. The highest BCUT2D eigenvalue weighted by Gasteiger charge is 2.17. The van der Waals surface area contributed by atoms with Gasteiger partial charge in [-0.05, 0) is 42.5 Å². The van der Waals surface area contributed by atoms with Crippen LogP contribution in [0.5, 0.6) is 11.5 Å². The molecule has 5 heteroatoms. The second kappa shape index (κ2) is 10.3. The van der Waals surface area contributed by atoms with Crippen molar-refractivity contribution in [3.63, 3.8) is 0 Å². The molecule has 1 aliphatic heterocycles. The van der Waals surface area contributed by atoms with Crippen molar-refractivity contribution in [2.75, 3.05) is 27.3 Å². The van der Waals surface area contributed by atoms with Gasteiger partial charge in [-0.3, -0.25) is 9.69 Å². The number of amides is 1. The first-order valence-electron chi connectivity index (χ1n) is 10.4. The maximum Gasteiger partial charge on any atom is 0.224 e. The Morgan fingerprint density at radius 3 is 2.62 bits per heavy atom. The summed E-state index contributed by atoms with van der Waals surface area (Å²) in [6.07, 6.45) is 2.87. The molecule has 2 aromatic carbocycles. The van der Waals surface area contributed by atoms with Crippen molar-refractivity contribution in [1.82, 2.24) is 10.2 Å². The maximum atomic E-state index is 12.5. The van der Waals surface area contributed by atoms with Gasteiger partial charge in [0.15, 0.2) is 0 Å². The second-order valence-electron chi connectivity index (χ2n) is 7.88. The van der Waals surface area contributed by atoms with Gasteiger partial charge in [-0.15, -0.1) is 0 Å². The van der Waals surface area contributed by atoms with Crippen LogP contribution >= 0.6 is 0 Å². The number of carbonyl (C=O) groups excluding carboxylic acids is 1. The Bertz CT molecular complexity index is 822. The molecular weight excluding hydrogens is 364 g/mol. The van der Waals surface area contributed by atoms with Crippen LogP contribution in [-0.2, 0) is 24.3 Å². The van der Waals surface area contributed by atoms with Crippen molar-refractivity contribution < 1.29 is 14.3 Å². The Morgan fingerprint density at radius 2 is 1.90 bits per heavy atom. The van der Waals surface area contributed by atoms with Gasteiger partial charge in [0.2, 0.25) is 5.91 Å². The third-order valence-electron chi connectivity index (χ3n) is 5.57. The van der Waals surface area contributed by atoms with Crippen LogP contribution < -0.4 is 14.8 Å². The molecule has 0 aromatic heterocycles. The zero-order valence-corrected chi connectivity index (χ0v) is 17.7. The fourth-order valence-electron chi connectivity index (χ4n) is 3.98. The summed E-state index contributed by atoms with van der Waals surface area (Å²) in [5, 5.41) is 3.07. The Hall–Kier alpha value is -2.53. The SMILES string of the molecule is COc1ccc(CC(=O)NCc2ccccc2CN2CCC[C@@H](C)C2)c(OC)c1. The minimum Gasteiger partial charge on any atom is -0.497 e. The van der Waals surface area contributed by atoms with E-state index in [9.17, 15) is 4.79 Å². The third kappa shape index (κ3) is 5.97. The monoisotopic (exact) mass is 396 g/mol. The maximum absolute atomic E-state index is 12.5. The van der Waals surface area contributed by atoms with Crippen LogP contribution in [0.2, 0.25) is 0 Å². The Morgan fingerprint density at radius 1 is 1.10 bits per heavy atom. The summed E-state index contributed by atoms with van der Waals surface area (Å²) in [4.78, 5) is 15.1. The molecule has 1 aliphatic rings. The lowest BCUT2D eigenvalue weighted by Crippen LogP contribution is -2.34. The number of piperidine rings is 1. The number of nitrogens with one attached hydrogen (secondary N) is 1. The standard InChI is InChI=1S/C24H32N2O3/c1-18-7-6-12-26(16-18)17-21-9-5-4-8-20(21)15-25-24(27)13-19-10-11-22(28-2)14-23(19)29-3/h4-5,8-11,14,18H,6-7,12-13,15-17H2,1-3H3,(H,25,27)/t18-/m1/s1. The van der Waals surface area contributed by atoms with Crippen LogP contribution in [0.15, 0.2) is 42.5 Å². The summed E-state index contributed by atoms with van der Waals surface area (Å²) < 4.78 is 10.6. The predicted molar refractivity (Wildman–Crippen MR) is 115 cm³/mol. The van der Waals surface area contributed by atoms with E-state index in [0.717, 1.165) is 31.1 Å². The van der Waals surface area contributed by atoms with Crippen LogP contribution in [0.3, 0.4) is 0 Å². The van der Waals surface area contributed by atoms with E-state index in [1.54, 1.807) is 20.3 Å². The zero-order chi connectivity index (χ0) is 20.6. The van der Waals surface area contributed by atoms with Crippen LogP contribution in [0, 0.1) is 5.92 Å². The Labute approximate surface area is 174 Å². The summed E-state index contributed by atoms with van der Waals surface area (Å²) in [6.45, 7) is 6.12. The second-order valence-corrected chi connectivity index (χ2v) is 7.88. The van der Waals surface area contributed by atoms with Gasteiger partial charge in [0.25, 0.3) is 0 Å². The number of methoxy groups -OCH3 is 2. The van der Waals surface area contributed by atoms with Crippen LogP contribution in [0.4, 0.5) is 0 Å². The lowest BCUT2D eigenvalue weighted by atomic mass is 9.99. The van der Waals surface area contributed by atoms with Gasteiger partial charge in [-0.1, -0.05) is 37.3 Å². The minimum atomic E-state index is -0.0186. The molecule has 29 heavy (non-hydrogen) atoms. The summed E-state index contributed by atoms with van der Waals surface area (Å²) in [6, 6.07) is 13.9. The lowest BCUT2D eigenvalue weighted by molar-refractivity contribution is -0.120. The van der Waals surface area contributed by atoms with Crippen molar-refractivity contribution in [3.8, 4) is 11.5 Å². The van der Waals surface area contributed by atoms with Crippen molar-refractivity contribution in [1.29, 1.82) is 0 Å². The van der Waals surface area contributed by atoms with Gasteiger partial charge < -0.3 is 14.8 Å². The lowest BCUT2D eigenvalue weighted by Gasteiger charge is -2.31. The van der Waals surface area contributed by atoms with E-state index in [0.29, 0.717) is 18.0 Å². The molecule has 3 rings (SSSR count). The van der Waals surface area contributed by atoms with Crippen molar-refractivity contribution >= 4 is 5.91 Å². The van der Waals surface area contributed by atoms with Crippen LogP contribution in [0.25, 0.3) is 0 Å². The molecule has 0 radical (unpaired) electrons. The van der Waals surface area contributed by atoms with Crippen molar-refractivity contribution in [2.24, 2.45) is 5.92 Å². The van der Waals surface area contributed by atoms with E-state index < -0.39 is 0 Å². The number of likely N-dealkylation sites (tertiary alicyclic amines) is 1. The molecule has 0 spiro atoms. The fraction of sp³-hybridized carbons (Fsp3) is 0.458. The van der Waals surface area contributed by atoms with Crippen molar-refractivity contribution in [2.45, 2.75) is 39.3 Å². The molecule has 0 bridgehead atoms. The van der Waals surface area contributed by atoms with Crippen LogP contribution in [-0.4, -0.2) is 38.1 Å². The smallest absolute Gasteiger partial charge is 0.224 e. The van der Waals surface area contributed by atoms with Crippen LogP contribution in [0.1, 0.15) is 36.5 Å². The molecule has 156 valence electrons. The molecular formula is C24H32N2O3. The van der Waals surface area contributed by atoms with E-state index in [-0.39, 0.29) is 12.3 Å². The van der Waals surface area contributed by atoms with E-state index in [4.69, 9.17) is 9.47 Å². The molecule has 0 saturated carbocycles. The quantitative estimate of drug-likeness (QED) is 0.738. The number of hydrogen-bond acceptors (Lipinski definition) is 4. The molecule has 1 atom stereocenters. The van der Waals surface area contributed by atoms with Crippen molar-refractivity contribution in [3.05, 3.63) is 59.2 Å². The number of carbonyl (C=O) groups is 1. The highest BCUT2D eigenvalue weighted by molar-refractivity contribution is 5.79. The molecule has 1 N–H and O–H groups in total. The Kier molecular flexibility index (Phi) is 7.53. The molecule has 0 unspecified atom stereocenters. The normalized spacial score (nSPS) is 17.0. The van der Waals surface area contributed by atoms with E-state index in [1.807, 2.05) is 18.2 Å². The molecule has 1 heterocycles. The van der Waals surface area contributed by atoms with Gasteiger partial charge in [-0.2, -0.15) is 0 Å². The zero-order valence-electron chi connectivity index (χ0n) is 17.7.